The van der Waals surface area contributed by atoms with E-state index in [9.17, 15) is 14.3 Å². The number of halogens is 1. The Morgan fingerprint density at radius 2 is 1.97 bits per heavy atom. The van der Waals surface area contributed by atoms with Crippen molar-refractivity contribution in [3.63, 3.8) is 0 Å². The van der Waals surface area contributed by atoms with Crippen molar-refractivity contribution in [2.75, 3.05) is 6.61 Å². The molecule has 0 aliphatic heterocycles. The summed E-state index contributed by atoms with van der Waals surface area (Å²) in [6, 6.07) is 17.4. The first kappa shape index (κ1) is 20.0. The number of hydrogen-bond donors (Lipinski definition) is 3. The van der Waals surface area contributed by atoms with Gasteiger partial charge in [0, 0.05) is 29.1 Å². The Hall–Kier alpha value is -3.29. The number of rotatable bonds is 7. The van der Waals surface area contributed by atoms with E-state index in [-0.39, 0.29) is 24.0 Å². The summed E-state index contributed by atoms with van der Waals surface area (Å²) < 4.78 is 15.6. The van der Waals surface area contributed by atoms with Gasteiger partial charge in [0.2, 0.25) is 0 Å². The molecule has 0 aliphatic rings. The largest absolute Gasteiger partial charge is 0.395 e. The molecule has 1 unspecified atom stereocenters. The van der Waals surface area contributed by atoms with Gasteiger partial charge in [-0.2, -0.15) is 5.10 Å². The number of aromatic nitrogens is 3. The number of aromatic amines is 1. The zero-order chi connectivity index (χ0) is 21.1. The van der Waals surface area contributed by atoms with E-state index in [0.29, 0.717) is 29.0 Å². The second-order valence-electron chi connectivity index (χ2n) is 7.16. The molecule has 1 atom stereocenters. The number of aliphatic hydroxyl groups is 1. The van der Waals surface area contributed by atoms with E-state index < -0.39 is 0 Å². The summed E-state index contributed by atoms with van der Waals surface area (Å²) >= 11 is 0. The number of fused-ring (bicyclic) bond motifs is 1. The third-order valence-corrected chi connectivity index (χ3v) is 5.16. The second kappa shape index (κ2) is 8.61. The van der Waals surface area contributed by atoms with Gasteiger partial charge in [-0.05, 0) is 36.8 Å². The SMILES string of the molecule is CCC(CO)NCc1cc2c(-c3cccc(F)c3)nn(-c3ccccc3)c2[nH]c1=O. The fourth-order valence-corrected chi connectivity index (χ4v) is 3.44. The molecular formula is C23H23FN4O2. The lowest BCUT2D eigenvalue weighted by atomic mass is 10.1. The minimum absolute atomic E-state index is 0.00285. The topological polar surface area (TPSA) is 82.9 Å². The fourth-order valence-electron chi connectivity index (χ4n) is 3.44. The van der Waals surface area contributed by atoms with Crippen LogP contribution in [0, 0.1) is 5.82 Å². The zero-order valence-electron chi connectivity index (χ0n) is 16.6. The molecule has 4 rings (SSSR count). The van der Waals surface area contributed by atoms with E-state index in [0.717, 1.165) is 17.5 Å². The number of hydrogen-bond acceptors (Lipinski definition) is 4. The van der Waals surface area contributed by atoms with Crippen molar-refractivity contribution in [1.29, 1.82) is 0 Å². The molecule has 2 aromatic carbocycles. The quantitative estimate of drug-likeness (QED) is 0.439. The maximum absolute atomic E-state index is 13.9. The summed E-state index contributed by atoms with van der Waals surface area (Å²) in [5, 5.41) is 18.0. The minimum atomic E-state index is -0.352. The van der Waals surface area contributed by atoms with Crippen molar-refractivity contribution in [2.45, 2.75) is 25.9 Å². The van der Waals surface area contributed by atoms with Crippen LogP contribution in [-0.4, -0.2) is 32.5 Å². The van der Waals surface area contributed by atoms with Gasteiger partial charge in [-0.25, -0.2) is 9.07 Å². The highest BCUT2D eigenvalue weighted by Crippen LogP contribution is 2.29. The maximum atomic E-state index is 13.9. The van der Waals surface area contributed by atoms with E-state index in [1.165, 1.54) is 12.1 Å². The Kier molecular flexibility index (Phi) is 5.74. The maximum Gasteiger partial charge on any atom is 0.254 e. The fraction of sp³-hybridized carbons (Fsp3) is 0.217. The van der Waals surface area contributed by atoms with Crippen LogP contribution in [0.3, 0.4) is 0 Å². The average Bonchev–Trinajstić information content (AvgIpc) is 3.13. The molecule has 0 fully saturated rings. The van der Waals surface area contributed by atoms with Crippen LogP contribution in [0.2, 0.25) is 0 Å². The van der Waals surface area contributed by atoms with Gasteiger partial charge in [0.05, 0.1) is 12.3 Å². The zero-order valence-corrected chi connectivity index (χ0v) is 16.6. The Labute approximate surface area is 173 Å². The lowest BCUT2D eigenvalue weighted by molar-refractivity contribution is 0.238. The van der Waals surface area contributed by atoms with Crippen molar-refractivity contribution in [2.24, 2.45) is 0 Å². The molecule has 0 bridgehead atoms. The highest BCUT2D eigenvalue weighted by atomic mass is 19.1. The third kappa shape index (κ3) is 3.90. The van der Waals surface area contributed by atoms with Crippen LogP contribution in [0.4, 0.5) is 4.39 Å². The van der Waals surface area contributed by atoms with Crippen LogP contribution < -0.4 is 10.9 Å². The van der Waals surface area contributed by atoms with Crippen molar-refractivity contribution < 1.29 is 9.50 Å². The average molecular weight is 406 g/mol. The molecule has 0 saturated heterocycles. The molecule has 7 heteroatoms. The number of nitrogens with one attached hydrogen (secondary N) is 2. The van der Waals surface area contributed by atoms with Gasteiger partial charge in [-0.3, -0.25) is 4.79 Å². The second-order valence-corrected chi connectivity index (χ2v) is 7.16. The van der Waals surface area contributed by atoms with Crippen molar-refractivity contribution >= 4 is 11.0 Å². The summed E-state index contributed by atoms with van der Waals surface area (Å²) in [4.78, 5) is 15.7. The molecule has 0 radical (unpaired) electrons. The smallest absolute Gasteiger partial charge is 0.254 e. The van der Waals surface area contributed by atoms with Crippen LogP contribution in [0.1, 0.15) is 18.9 Å². The lowest BCUT2D eigenvalue weighted by Gasteiger charge is -2.13. The first-order valence-electron chi connectivity index (χ1n) is 9.91. The van der Waals surface area contributed by atoms with E-state index in [1.54, 1.807) is 22.9 Å². The lowest BCUT2D eigenvalue weighted by Crippen LogP contribution is -2.33. The van der Waals surface area contributed by atoms with Crippen LogP contribution >= 0.6 is 0 Å². The van der Waals surface area contributed by atoms with Gasteiger partial charge < -0.3 is 15.4 Å². The summed E-state index contributed by atoms with van der Waals surface area (Å²) in [6.07, 6.45) is 0.747. The van der Waals surface area contributed by atoms with Gasteiger partial charge >= 0.3 is 0 Å². The summed E-state index contributed by atoms with van der Waals surface area (Å²) in [6.45, 7) is 2.27. The van der Waals surface area contributed by atoms with Crippen LogP contribution in [-0.2, 0) is 6.54 Å². The summed E-state index contributed by atoms with van der Waals surface area (Å²) in [7, 11) is 0. The monoisotopic (exact) mass is 406 g/mol. The molecular weight excluding hydrogens is 383 g/mol. The van der Waals surface area contributed by atoms with Crippen molar-refractivity contribution in [3.8, 4) is 16.9 Å². The molecule has 0 saturated carbocycles. The number of pyridine rings is 1. The number of aliphatic hydroxyl groups excluding tert-OH is 1. The Morgan fingerprint density at radius 3 is 2.67 bits per heavy atom. The van der Waals surface area contributed by atoms with Gasteiger partial charge in [0.1, 0.15) is 17.2 Å². The number of benzene rings is 2. The molecule has 154 valence electrons. The Morgan fingerprint density at radius 1 is 1.17 bits per heavy atom. The molecule has 0 aliphatic carbocycles. The van der Waals surface area contributed by atoms with Crippen LogP contribution in [0.15, 0.2) is 65.5 Å². The van der Waals surface area contributed by atoms with Gasteiger partial charge in [0.15, 0.2) is 0 Å². The molecule has 0 amide bonds. The Balaban J connectivity index is 1.88. The third-order valence-electron chi connectivity index (χ3n) is 5.16. The van der Waals surface area contributed by atoms with Gasteiger partial charge in [0.25, 0.3) is 5.56 Å². The summed E-state index contributed by atoms with van der Waals surface area (Å²) in [5.74, 6) is -0.352. The molecule has 6 nitrogen and oxygen atoms in total. The van der Waals surface area contributed by atoms with Crippen molar-refractivity contribution in [1.82, 2.24) is 20.1 Å². The molecule has 3 N–H and O–H groups in total. The first-order chi connectivity index (χ1) is 14.6. The predicted molar refractivity (Wildman–Crippen MR) is 115 cm³/mol. The van der Waals surface area contributed by atoms with Crippen molar-refractivity contribution in [3.05, 3.63) is 82.4 Å². The number of nitrogens with zero attached hydrogens (tertiary/aromatic N) is 2. The molecule has 2 heterocycles. The van der Waals surface area contributed by atoms with E-state index in [4.69, 9.17) is 5.10 Å². The normalized spacial score (nSPS) is 12.4. The number of H-pyrrole nitrogens is 1. The highest BCUT2D eigenvalue weighted by molar-refractivity contribution is 5.92. The van der Waals surface area contributed by atoms with E-state index in [1.807, 2.05) is 37.3 Å². The molecule has 4 aromatic rings. The van der Waals surface area contributed by atoms with Crippen LogP contribution in [0.5, 0.6) is 0 Å². The molecule has 0 spiro atoms. The predicted octanol–water partition coefficient (Wildman–Crippen LogP) is 3.38. The van der Waals surface area contributed by atoms with Gasteiger partial charge in [-0.15, -0.1) is 0 Å². The highest BCUT2D eigenvalue weighted by Gasteiger charge is 2.17. The Bertz CT molecular complexity index is 1210. The summed E-state index contributed by atoms with van der Waals surface area (Å²) in [5.41, 5.74) is 2.84. The molecule has 30 heavy (non-hydrogen) atoms. The van der Waals surface area contributed by atoms with Gasteiger partial charge in [-0.1, -0.05) is 37.3 Å². The van der Waals surface area contributed by atoms with E-state index in [2.05, 4.69) is 10.3 Å². The van der Waals surface area contributed by atoms with E-state index >= 15 is 0 Å². The standard InChI is InChI=1S/C23H23FN4O2/c1-2-18(14-29)25-13-16-12-20-21(15-7-6-8-17(24)11-15)27-28(22(20)26-23(16)30)19-9-4-3-5-10-19/h3-12,18,25,29H,2,13-14H2,1H3,(H,26,30). The van der Waals surface area contributed by atoms with Crippen LogP contribution in [0.25, 0.3) is 28.0 Å². The minimum Gasteiger partial charge on any atom is -0.395 e. The first-order valence-corrected chi connectivity index (χ1v) is 9.91. The number of para-hydroxylation sites is 1. The molecule has 2 aromatic heterocycles.